The third kappa shape index (κ3) is 5.40. The van der Waals surface area contributed by atoms with Crippen molar-refractivity contribution in [2.24, 2.45) is 0 Å². The lowest BCUT2D eigenvalue weighted by molar-refractivity contribution is -0.122. The van der Waals surface area contributed by atoms with Crippen molar-refractivity contribution in [3.63, 3.8) is 0 Å². The molecule has 2 aromatic carbocycles. The van der Waals surface area contributed by atoms with Crippen LogP contribution in [0, 0.1) is 11.8 Å². The molecule has 7 heteroatoms. The molecule has 1 saturated heterocycles. The number of benzene rings is 2. The molecule has 2 N–H and O–H groups in total. The summed E-state index contributed by atoms with van der Waals surface area (Å²) in [6.07, 6.45) is 0. The minimum absolute atomic E-state index is 0.0858. The van der Waals surface area contributed by atoms with Crippen molar-refractivity contribution >= 4 is 29.2 Å². The molecule has 3 amide bonds. The van der Waals surface area contributed by atoms with E-state index in [0.29, 0.717) is 23.9 Å². The first-order chi connectivity index (χ1) is 13.1. The highest BCUT2D eigenvalue weighted by molar-refractivity contribution is 6.30. The first-order valence-corrected chi connectivity index (χ1v) is 8.79. The number of halogens is 1. The summed E-state index contributed by atoms with van der Waals surface area (Å²) < 4.78 is 5.35. The minimum atomic E-state index is -0.255. The molecule has 0 atom stereocenters. The maximum absolute atomic E-state index is 11.7. The fraction of sp³-hybridized carbons (Fsp3) is 0.200. The lowest BCUT2D eigenvalue weighted by Crippen LogP contribution is -2.29. The second-order valence-corrected chi connectivity index (χ2v) is 6.19. The van der Waals surface area contributed by atoms with Crippen LogP contribution in [-0.4, -0.2) is 38.2 Å². The van der Waals surface area contributed by atoms with E-state index in [-0.39, 0.29) is 25.1 Å². The number of urea groups is 1. The smallest absolute Gasteiger partial charge is 0.321 e. The summed E-state index contributed by atoms with van der Waals surface area (Å²) in [5.74, 6) is 6.18. The van der Waals surface area contributed by atoms with Crippen molar-refractivity contribution in [2.75, 3.05) is 31.1 Å². The molecule has 1 heterocycles. The van der Waals surface area contributed by atoms with Gasteiger partial charge in [-0.05, 0) is 48.5 Å². The van der Waals surface area contributed by atoms with Crippen LogP contribution in [0.15, 0.2) is 48.5 Å². The number of anilines is 1. The van der Waals surface area contributed by atoms with Crippen LogP contribution in [0.25, 0.3) is 0 Å². The van der Waals surface area contributed by atoms with Gasteiger partial charge in [0.2, 0.25) is 0 Å². The van der Waals surface area contributed by atoms with E-state index in [1.807, 2.05) is 24.3 Å². The van der Waals surface area contributed by atoms with Gasteiger partial charge >= 0.3 is 6.03 Å². The summed E-state index contributed by atoms with van der Waals surface area (Å²) in [6, 6.07) is 14.1. The van der Waals surface area contributed by atoms with E-state index in [1.54, 1.807) is 29.2 Å². The van der Waals surface area contributed by atoms with Crippen molar-refractivity contribution in [1.82, 2.24) is 10.6 Å². The minimum Gasteiger partial charge on any atom is -0.484 e. The van der Waals surface area contributed by atoms with Gasteiger partial charge in [0.25, 0.3) is 5.91 Å². The fourth-order valence-corrected chi connectivity index (χ4v) is 2.59. The summed E-state index contributed by atoms with van der Waals surface area (Å²) in [7, 11) is 0. The summed E-state index contributed by atoms with van der Waals surface area (Å²) in [5.41, 5.74) is 1.65. The molecule has 0 spiro atoms. The number of rotatable bonds is 5. The Morgan fingerprint density at radius 2 is 1.93 bits per heavy atom. The van der Waals surface area contributed by atoms with Gasteiger partial charge in [0, 0.05) is 29.4 Å². The fourth-order valence-electron chi connectivity index (χ4n) is 2.46. The Morgan fingerprint density at radius 3 is 2.59 bits per heavy atom. The van der Waals surface area contributed by atoms with Crippen molar-refractivity contribution in [2.45, 2.75) is 0 Å². The normalized spacial score (nSPS) is 12.8. The first-order valence-electron chi connectivity index (χ1n) is 8.41. The highest BCUT2D eigenvalue weighted by atomic mass is 35.5. The van der Waals surface area contributed by atoms with Crippen LogP contribution in [-0.2, 0) is 4.79 Å². The van der Waals surface area contributed by atoms with Crippen LogP contribution < -0.4 is 20.3 Å². The van der Waals surface area contributed by atoms with E-state index in [1.165, 1.54) is 0 Å². The van der Waals surface area contributed by atoms with Crippen LogP contribution in [0.5, 0.6) is 5.75 Å². The van der Waals surface area contributed by atoms with Crippen LogP contribution in [0.2, 0.25) is 5.02 Å². The Morgan fingerprint density at radius 1 is 1.19 bits per heavy atom. The molecule has 0 aromatic heterocycles. The molecule has 0 bridgehead atoms. The lowest BCUT2D eigenvalue weighted by atomic mass is 10.2. The maximum atomic E-state index is 11.7. The van der Waals surface area contributed by atoms with Gasteiger partial charge in [-0.1, -0.05) is 23.4 Å². The van der Waals surface area contributed by atoms with E-state index in [9.17, 15) is 9.59 Å². The molecule has 1 fully saturated rings. The van der Waals surface area contributed by atoms with Crippen LogP contribution in [0.4, 0.5) is 10.5 Å². The Bertz CT molecular complexity index is 870. The number of ether oxygens (including phenoxy) is 1. The number of nitrogens with one attached hydrogen (secondary N) is 2. The number of carbonyl (C=O) groups is 2. The second-order valence-electron chi connectivity index (χ2n) is 5.75. The van der Waals surface area contributed by atoms with Gasteiger partial charge < -0.3 is 15.4 Å². The molecule has 138 valence electrons. The third-order valence-electron chi connectivity index (χ3n) is 3.83. The molecule has 1 aliphatic rings. The summed E-state index contributed by atoms with van der Waals surface area (Å²) >= 11 is 5.79. The quantitative estimate of drug-likeness (QED) is 0.779. The molecule has 1 aliphatic heterocycles. The number of hydrogen-bond donors (Lipinski definition) is 2. The van der Waals surface area contributed by atoms with E-state index >= 15 is 0 Å². The Hall–Kier alpha value is -3.17. The topological polar surface area (TPSA) is 70.7 Å². The van der Waals surface area contributed by atoms with Gasteiger partial charge in [-0.15, -0.1) is 0 Å². The number of nitrogens with zero attached hydrogens (tertiary/aromatic N) is 1. The zero-order chi connectivity index (χ0) is 19.1. The van der Waals surface area contributed by atoms with Gasteiger partial charge in [0.15, 0.2) is 6.61 Å². The maximum Gasteiger partial charge on any atom is 0.321 e. The third-order valence-corrected chi connectivity index (χ3v) is 4.08. The van der Waals surface area contributed by atoms with Crippen LogP contribution >= 0.6 is 11.6 Å². The second kappa shape index (κ2) is 8.97. The standard InChI is InChI=1S/C20H18ClN3O3/c21-16-5-9-18(10-6-16)27-14-19(25)22-11-1-2-15-3-7-17(8-4-15)24-13-12-23-20(24)26/h3-10H,11-14H2,(H,22,25)(H,23,26). The molecule has 0 radical (unpaired) electrons. The van der Waals surface area contributed by atoms with E-state index < -0.39 is 0 Å². The molecule has 0 saturated carbocycles. The zero-order valence-corrected chi connectivity index (χ0v) is 15.3. The predicted octanol–water partition coefficient (Wildman–Crippen LogP) is 2.42. The van der Waals surface area contributed by atoms with Gasteiger partial charge in [-0.3, -0.25) is 9.69 Å². The van der Waals surface area contributed by atoms with Crippen molar-refractivity contribution in [1.29, 1.82) is 0 Å². The van der Waals surface area contributed by atoms with Crippen molar-refractivity contribution in [3.8, 4) is 17.6 Å². The highest BCUT2D eigenvalue weighted by Gasteiger charge is 2.20. The number of hydrogen-bond acceptors (Lipinski definition) is 3. The van der Waals surface area contributed by atoms with Gasteiger partial charge in [0.05, 0.1) is 6.54 Å². The molecule has 6 nitrogen and oxygen atoms in total. The molecule has 2 aromatic rings. The summed E-state index contributed by atoms with van der Waals surface area (Å²) in [4.78, 5) is 25.0. The first kappa shape index (κ1) is 18.6. The molecular weight excluding hydrogens is 366 g/mol. The van der Waals surface area contributed by atoms with Crippen molar-refractivity contribution < 1.29 is 14.3 Å². The Kier molecular flexibility index (Phi) is 6.18. The molecule has 0 unspecified atom stereocenters. The Balaban J connectivity index is 1.42. The highest BCUT2D eigenvalue weighted by Crippen LogP contribution is 2.17. The number of carbonyl (C=O) groups excluding carboxylic acids is 2. The zero-order valence-electron chi connectivity index (χ0n) is 14.5. The predicted molar refractivity (Wildman–Crippen MR) is 104 cm³/mol. The Labute approximate surface area is 162 Å². The molecule has 3 rings (SSSR count). The average Bonchev–Trinajstić information content (AvgIpc) is 3.11. The van der Waals surface area contributed by atoms with Crippen molar-refractivity contribution in [3.05, 3.63) is 59.1 Å². The van der Waals surface area contributed by atoms with Crippen LogP contribution in [0.3, 0.4) is 0 Å². The molecular formula is C20H18ClN3O3. The lowest BCUT2D eigenvalue weighted by Gasteiger charge is -2.13. The average molecular weight is 384 g/mol. The van der Waals surface area contributed by atoms with E-state index in [0.717, 1.165) is 11.3 Å². The van der Waals surface area contributed by atoms with E-state index in [4.69, 9.17) is 16.3 Å². The van der Waals surface area contributed by atoms with Gasteiger partial charge in [-0.2, -0.15) is 0 Å². The van der Waals surface area contributed by atoms with Gasteiger partial charge in [-0.25, -0.2) is 4.79 Å². The SMILES string of the molecule is O=C(COc1ccc(Cl)cc1)NCC#Cc1ccc(N2CCNC2=O)cc1. The van der Waals surface area contributed by atoms with E-state index in [2.05, 4.69) is 22.5 Å². The number of amides is 3. The monoisotopic (exact) mass is 383 g/mol. The van der Waals surface area contributed by atoms with Gasteiger partial charge in [0.1, 0.15) is 5.75 Å². The van der Waals surface area contributed by atoms with Crippen LogP contribution in [0.1, 0.15) is 5.56 Å². The molecule has 0 aliphatic carbocycles. The largest absolute Gasteiger partial charge is 0.484 e. The molecule has 27 heavy (non-hydrogen) atoms. The summed E-state index contributed by atoms with van der Waals surface area (Å²) in [6.45, 7) is 1.45. The summed E-state index contributed by atoms with van der Waals surface area (Å²) in [5, 5.41) is 6.04.